The summed E-state index contributed by atoms with van der Waals surface area (Å²) in [5, 5.41) is 0.942. The molecule has 3 aromatic rings. The highest BCUT2D eigenvalue weighted by atomic mass is 32.1. The van der Waals surface area contributed by atoms with Gasteiger partial charge in [-0.15, -0.1) is 11.3 Å². The van der Waals surface area contributed by atoms with Gasteiger partial charge in [-0.1, -0.05) is 0 Å². The molecule has 6 nitrogen and oxygen atoms in total. The summed E-state index contributed by atoms with van der Waals surface area (Å²) in [6, 6.07) is 5.40. The quantitative estimate of drug-likeness (QED) is 0.685. The number of pyridine rings is 2. The number of aromatic nitrogens is 2. The Kier molecular flexibility index (Phi) is 3.05. The molecule has 1 aliphatic heterocycles. The molecule has 0 aliphatic carbocycles. The fourth-order valence-electron chi connectivity index (χ4n) is 2.63. The molecule has 0 unspecified atom stereocenters. The molecule has 0 fully saturated rings. The fraction of sp³-hybridized carbons (Fsp3) is 0.0667. The molecule has 23 heavy (non-hydrogen) atoms. The summed E-state index contributed by atoms with van der Waals surface area (Å²) in [6.45, 7) is -0.0289. The van der Waals surface area contributed by atoms with Crippen LogP contribution in [0.15, 0.2) is 36.8 Å². The van der Waals surface area contributed by atoms with E-state index in [4.69, 9.17) is 0 Å². The van der Waals surface area contributed by atoms with Crippen LogP contribution < -0.4 is 0 Å². The lowest BCUT2D eigenvalue weighted by atomic mass is 10.1. The van der Waals surface area contributed by atoms with Gasteiger partial charge in [0.2, 0.25) is 0 Å². The summed E-state index contributed by atoms with van der Waals surface area (Å²) in [5.74, 6) is -0.610. The number of nitrogens with zero attached hydrogens (tertiary/aromatic N) is 3. The van der Waals surface area contributed by atoms with Crippen LogP contribution in [0.4, 0.5) is 9.32 Å². The molecule has 1 aliphatic rings. The Morgan fingerprint density at radius 2 is 2.22 bits per heavy atom. The third-order valence-corrected chi connectivity index (χ3v) is 4.78. The molecule has 8 heteroatoms. The largest absolute Gasteiger partial charge is 0.454 e. The highest BCUT2D eigenvalue weighted by Gasteiger charge is 2.36. The topological polar surface area (TPSA) is 72.4 Å². The van der Waals surface area contributed by atoms with Crippen LogP contribution in [0, 0.1) is 0 Å². The molecule has 0 saturated heterocycles. The number of amides is 2. The van der Waals surface area contributed by atoms with Crippen LogP contribution in [-0.4, -0.2) is 26.9 Å². The number of imide groups is 1. The molecule has 3 aromatic heterocycles. The Morgan fingerprint density at radius 1 is 1.35 bits per heavy atom. The third-order valence-electron chi connectivity index (χ3n) is 3.66. The van der Waals surface area contributed by atoms with E-state index < -0.39 is 12.0 Å². The first-order chi connectivity index (χ1) is 11.2. The van der Waals surface area contributed by atoms with Crippen molar-refractivity contribution in [2.45, 2.75) is 6.54 Å². The van der Waals surface area contributed by atoms with Gasteiger partial charge in [-0.25, -0.2) is 14.6 Å². The zero-order valence-electron chi connectivity index (χ0n) is 11.5. The minimum atomic E-state index is -1.32. The zero-order valence-corrected chi connectivity index (χ0v) is 12.3. The van der Waals surface area contributed by atoms with Gasteiger partial charge in [0.1, 0.15) is 0 Å². The zero-order chi connectivity index (χ0) is 16.0. The second-order valence-corrected chi connectivity index (χ2v) is 6.04. The molecule has 0 saturated carbocycles. The number of carbonyl (C=O) groups excluding carboxylic acids is 2. The maximum absolute atomic E-state index is 12.4. The molecule has 114 valence electrons. The second-order valence-electron chi connectivity index (χ2n) is 4.95. The summed E-state index contributed by atoms with van der Waals surface area (Å²) in [5.41, 5.74) is 1.39. The van der Waals surface area contributed by atoms with Crippen LogP contribution >= 0.6 is 11.3 Å². The van der Waals surface area contributed by atoms with E-state index in [1.54, 1.807) is 24.7 Å². The lowest BCUT2D eigenvalue weighted by molar-refractivity contribution is -0.0759. The predicted molar refractivity (Wildman–Crippen MR) is 80.3 cm³/mol. The summed E-state index contributed by atoms with van der Waals surface area (Å²) < 4.78 is 13.1. The van der Waals surface area contributed by atoms with Crippen LogP contribution in [0.3, 0.4) is 0 Å². The number of thiophene rings is 1. The summed E-state index contributed by atoms with van der Waals surface area (Å²) in [6.07, 6.45) is 3.66. The Bertz CT molecular complexity index is 923. The monoisotopic (exact) mass is 329 g/mol. The number of hydrogen-bond acceptors (Lipinski definition) is 6. The van der Waals surface area contributed by atoms with E-state index in [9.17, 15) is 14.1 Å². The Labute approximate surface area is 133 Å². The van der Waals surface area contributed by atoms with E-state index in [1.807, 2.05) is 12.1 Å². The van der Waals surface area contributed by atoms with Gasteiger partial charge in [-0.2, -0.15) is 0 Å². The SMILES string of the molecule is O=C(OF)N1Cc2ccnc(-c3cc4cnccc4s3)c2C1=O. The van der Waals surface area contributed by atoms with E-state index in [1.165, 1.54) is 11.3 Å². The van der Waals surface area contributed by atoms with Crippen molar-refractivity contribution in [3.05, 3.63) is 47.9 Å². The van der Waals surface area contributed by atoms with Crippen molar-refractivity contribution in [3.8, 4) is 10.6 Å². The van der Waals surface area contributed by atoms with Crippen molar-refractivity contribution in [1.82, 2.24) is 14.9 Å². The molecule has 4 rings (SSSR count). The van der Waals surface area contributed by atoms with Crippen molar-refractivity contribution >= 4 is 33.4 Å². The molecule has 0 radical (unpaired) electrons. The second kappa shape index (κ2) is 5.10. The lowest BCUT2D eigenvalue weighted by Gasteiger charge is -2.08. The first kappa shape index (κ1) is 13.8. The Hall–Kier alpha value is -2.87. The predicted octanol–water partition coefficient (Wildman–Crippen LogP) is 3.34. The number of fused-ring (bicyclic) bond motifs is 2. The van der Waals surface area contributed by atoms with E-state index >= 15 is 0 Å². The van der Waals surface area contributed by atoms with Crippen LogP contribution in [-0.2, 0) is 11.5 Å². The summed E-state index contributed by atoms with van der Waals surface area (Å²) in [4.78, 5) is 36.8. The standard InChI is InChI=1S/C15H8FN3O3S/c16-22-15(21)19-7-8-1-4-18-13(12(8)14(19)20)11-5-9-6-17-3-2-10(9)23-11/h1-6H,7H2. The fourth-order valence-corrected chi connectivity index (χ4v) is 3.66. The molecule has 0 spiro atoms. The van der Waals surface area contributed by atoms with E-state index in [0.29, 0.717) is 21.7 Å². The van der Waals surface area contributed by atoms with Gasteiger partial charge >= 0.3 is 6.09 Å². The van der Waals surface area contributed by atoms with Crippen molar-refractivity contribution in [3.63, 3.8) is 0 Å². The van der Waals surface area contributed by atoms with Crippen LogP contribution in [0.25, 0.3) is 20.7 Å². The maximum atomic E-state index is 12.4. The van der Waals surface area contributed by atoms with Gasteiger partial charge in [0.05, 0.1) is 22.7 Å². The van der Waals surface area contributed by atoms with E-state index in [0.717, 1.165) is 15.0 Å². The summed E-state index contributed by atoms with van der Waals surface area (Å²) in [7, 11) is 0. The van der Waals surface area contributed by atoms with Gasteiger partial charge in [-0.3, -0.25) is 14.8 Å². The molecular formula is C15H8FN3O3S. The molecule has 4 heterocycles. The first-order valence-electron chi connectivity index (χ1n) is 6.65. The highest BCUT2D eigenvalue weighted by Crippen LogP contribution is 2.37. The third kappa shape index (κ3) is 2.07. The highest BCUT2D eigenvalue weighted by molar-refractivity contribution is 7.22. The van der Waals surface area contributed by atoms with Gasteiger partial charge in [0.25, 0.3) is 5.91 Å². The number of halogens is 1. The van der Waals surface area contributed by atoms with Gasteiger partial charge in [0, 0.05) is 33.2 Å². The van der Waals surface area contributed by atoms with Crippen molar-refractivity contribution in [1.29, 1.82) is 0 Å². The van der Waals surface area contributed by atoms with Crippen LogP contribution in [0.1, 0.15) is 15.9 Å². The van der Waals surface area contributed by atoms with Crippen LogP contribution in [0.5, 0.6) is 0 Å². The lowest BCUT2D eigenvalue weighted by Crippen LogP contribution is -2.30. The molecule has 0 bridgehead atoms. The summed E-state index contributed by atoms with van der Waals surface area (Å²) >= 11 is 1.47. The number of rotatable bonds is 1. The molecular weight excluding hydrogens is 321 g/mol. The first-order valence-corrected chi connectivity index (χ1v) is 7.47. The molecule has 0 aromatic carbocycles. The average molecular weight is 329 g/mol. The maximum Gasteiger partial charge on any atom is 0.454 e. The smallest absolute Gasteiger partial charge is 0.268 e. The van der Waals surface area contributed by atoms with Crippen molar-refractivity contribution in [2.24, 2.45) is 0 Å². The Morgan fingerprint density at radius 3 is 3.00 bits per heavy atom. The average Bonchev–Trinajstić information content (AvgIpc) is 3.15. The minimum Gasteiger partial charge on any atom is -0.268 e. The normalized spacial score (nSPS) is 13.4. The van der Waals surface area contributed by atoms with E-state index in [2.05, 4.69) is 14.9 Å². The van der Waals surface area contributed by atoms with Gasteiger partial charge in [-0.05, 0) is 23.8 Å². The van der Waals surface area contributed by atoms with E-state index in [-0.39, 0.29) is 6.54 Å². The number of carbonyl (C=O) groups is 2. The van der Waals surface area contributed by atoms with Gasteiger partial charge < -0.3 is 0 Å². The molecule has 2 amide bonds. The van der Waals surface area contributed by atoms with Crippen LogP contribution in [0.2, 0.25) is 0 Å². The Balaban J connectivity index is 1.85. The number of hydrogen-bond donors (Lipinski definition) is 0. The van der Waals surface area contributed by atoms with Crippen molar-refractivity contribution in [2.75, 3.05) is 0 Å². The molecule has 0 atom stereocenters. The minimum absolute atomic E-state index is 0.0289. The van der Waals surface area contributed by atoms with Crippen molar-refractivity contribution < 1.29 is 19.1 Å². The van der Waals surface area contributed by atoms with Gasteiger partial charge in [0.15, 0.2) is 0 Å². The molecule has 0 N–H and O–H groups in total.